The van der Waals surface area contributed by atoms with Crippen LogP contribution in [0.2, 0.25) is 0 Å². The van der Waals surface area contributed by atoms with Gasteiger partial charge < -0.3 is 9.67 Å². The Morgan fingerprint density at radius 3 is 2.63 bits per heavy atom. The number of imidazole rings is 1. The summed E-state index contributed by atoms with van der Waals surface area (Å²) in [7, 11) is 0. The van der Waals surface area contributed by atoms with Gasteiger partial charge in [-0.2, -0.15) is 0 Å². The molecule has 1 atom stereocenters. The fraction of sp³-hybridized carbons (Fsp3) is 0.133. The molecule has 0 radical (unpaired) electrons. The Balaban J connectivity index is 1.86. The molecule has 0 aliphatic heterocycles. The van der Waals surface area contributed by atoms with Crippen LogP contribution in [0.3, 0.4) is 0 Å². The van der Waals surface area contributed by atoms with E-state index < -0.39 is 6.10 Å². The molecule has 4 heteroatoms. The Morgan fingerprint density at radius 2 is 1.84 bits per heavy atom. The standard InChI is InChI=1S/C15H13BrN2O/c16-12-7-5-11(6-8-12)15(19)9-18-10-17-13-3-1-2-4-14(13)18/h1-8,10,15,19H,9H2. The zero-order chi connectivity index (χ0) is 13.2. The summed E-state index contributed by atoms with van der Waals surface area (Å²) < 4.78 is 2.98. The van der Waals surface area contributed by atoms with E-state index in [2.05, 4.69) is 20.9 Å². The van der Waals surface area contributed by atoms with E-state index in [0.717, 1.165) is 21.1 Å². The van der Waals surface area contributed by atoms with E-state index in [0.29, 0.717) is 6.54 Å². The fourth-order valence-electron chi connectivity index (χ4n) is 2.13. The first-order chi connectivity index (χ1) is 9.24. The maximum atomic E-state index is 10.3. The largest absolute Gasteiger partial charge is 0.387 e. The minimum Gasteiger partial charge on any atom is -0.387 e. The van der Waals surface area contributed by atoms with Crippen LogP contribution in [-0.2, 0) is 6.54 Å². The van der Waals surface area contributed by atoms with E-state index in [-0.39, 0.29) is 0 Å². The van der Waals surface area contributed by atoms with E-state index in [9.17, 15) is 5.11 Å². The molecule has 0 amide bonds. The van der Waals surface area contributed by atoms with Crippen molar-refractivity contribution in [3.05, 3.63) is 64.9 Å². The molecule has 0 spiro atoms. The van der Waals surface area contributed by atoms with Gasteiger partial charge in [-0.05, 0) is 29.8 Å². The minimum atomic E-state index is -0.536. The monoisotopic (exact) mass is 316 g/mol. The summed E-state index contributed by atoms with van der Waals surface area (Å²) in [5.74, 6) is 0. The zero-order valence-corrected chi connectivity index (χ0v) is 11.8. The minimum absolute atomic E-state index is 0.502. The molecule has 3 aromatic rings. The third-order valence-electron chi connectivity index (χ3n) is 3.15. The molecule has 1 N–H and O–H groups in total. The highest BCUT2D eigenvalue weighted by Gasteiger charge is 2.10. The van der Waals surface area contributed by atoms with Crippen molar-refractivity contribution in [1.29, 1.82) is 0 Å². The number of benzene rings is 2. The van der Waals surface area contributed by atoms with Crippen molar-refractivity contribution in [3.63, 3.8) is 0 Å². The van der Waals surface area contributed by atoms with E-state index in [1.165, 1.54) is 0 Å². The maximum absolute atomic E-state index is 10.3. The molecular weight excluding hydrogens is 304 g/mol. The summed E-state index contributed by atoms with van der Waals surface area (Å²) in [6, 6.07) is 15.6. The van der Waals surface area contributed by atoms with Crippen molar-refractivity contribution in [1.82, 2.24) is 9.55 Å². The third-order valence-corrected chi connectivity index (χ3v) is 3.68. The van der Waals surface area contributed by atoms with E-state index in [1.54, 1.807) is 6.33 Å². The van der Waals surface area contributed by atoms with Gasteiger partial charge in [-0.15, -0.1) is 0 Å². The van der Waals surface area contributed by atoms with Crippen LogP contribution in [0.1, 0.15) is 11.7 Å². The Hall–Kier alpha value is -1.65. The molecule has 0 bridgehead atoms. The molecule has 2 aromatic carbocycles. The Kier molecular flexibility index (Phi) is 3.36. The summed E-state index contributed by atoms with van der Waals surface area (Å²) in [4.78, 5) is 4.32. The van der Waals surface area contributed by atoms with Gasteiger partial charge in [-0.3, -0.25) is 0 Å². The lowest BCUT2D eigenvalue weighted by Gasteiger charge is -2.12. The number of para-hydroxylation sites is 2. The normalized spacial score (nSPS) is 12.7. The second-order valence-corrected chi connectivity index (χ2v) is 5.37. The van der Waals surface area contributed by atoms with Crippen molar-refractivity contribution in [2.45, 2.75) is 12.6 Å². The van der Waals surface area contributed by atoms with Crippen LogP contribution in [-0.4, -0.2) is 14.7 Å². The van der Waals surface area contributed by atoms with Crippen LogP contribution >= 0.6 is 15.9 Å². The van der Waals surface area contributed by atoms with Crippen molar-refractivity contribution < 1.29 is 5.11 Å². The second kappa shape index (κ2) is 5.15. The van der Waals surface area contributed by atoms with Crippen molar-refractivity contribution >= 4 is 27.0 Å². The number of aliphatic hydroxyl groups excluding tert-OH is 1. The first kappa shape index (κ1) is 12.4. The van der Waals surface area contributed by atoms with E-state index in [1.807, 2.05) is 53.1 Å². The summed E-state index contributed by atoms with van der Waals surface area (Å²) in [6.07, 6.45) is 1.23. The van der Waals surface area contributed by atoms with Crippen LogP contribution in [0.5, 0.6) is 0 Å². The molecule has 1 heterocycles. The van der Waals surface area contributed by atoms with Crippen molar-refractivity contribution in [2.75, 3.05) is 0 Å². The lowest BCUT2D eigenvalue weighted by Crippen LogP contribution is -2.07. The highest BCUT2D eigenvalue weighted by Crippen LogP contribution is 2.20. The van der Waals surface area contributed by atoms with Gasteiger partial charge in [-0.1, -0.05) is 40.2 Å². The first-order valence-electron chi connectivity index (χ1n) is 6.07. The molecule has 96 valence electrons. The fourth-order valence-corrected chi connectivity index (χ4v) is 2.40. The second-order valence-electron chi connectivity index (χ2n) is 4.45. The van der Waals surface area contributed by atoms with Gasteiger partial charge in [0.25, 0.3) is 0 Å². The molecule has 0 aliphatic rings. The summed E-state index contributed by atoms with van der Waals surface area (Å²) in [5, 5.41) is 10.3. The molecule has 3 nitrogen and oxygen atoms in total. The molecule has 0 saturated heterocycles. The highest BCUT2D eigenvalue weighted by molar-refractivity contribution is 9.10. The number of rotatable bonds is 3. The van der Waals surface area contributed by atoms with Crippen LogP contribution < -0.4 is 0 Å². The van der Waals surface area contributed by atoms with Crippen LogP contribution in [0, 0.1) is 0 Å². The Labute approximate surface area is 119 Å². The highest BCUT2D eigenvalue weighted by atomic mass is 79.9. The predicted molar refractivity (Wildman–Crippen MR) is 78.8 cm³/mol. The number of aliphatic hydroxyl groups is 1. The topological polar surface area (TPSA) is 38.0 Å². The van der Waals surface area contributed by atoms with Gasteiger partial charge in [0.2, 0.25) is 0 Å². The van der Waals surface area contributed by atoms with Gasteiger partial charge in [0.1, 0.15) is 0 Å². The molecule has 1 aromatic heterocycles. The molecule has 3 rings (SSSR count). The van der Waals surface area contributed by atoms with Gasteiger partial charge >= 0.3 is 0 Å². The van der Waals surface area contributed by atoms with Gasteiger partial charge in [0, 0.05) is 4.47 Å². The van der Waals surface area contributed by atoms with Crippen LogP contribution in [0.25, 0.3) is 11.0 Å². The average Bonchev–Trinajstić information content (AvgIpc) is 2.83. The smallest absolute Gasteiger partial charge is 0.0969 e. The SMILES string of the molecule is OC(Cn1cnc2ccccc21)c1ccc(Br)cc1. The van der Waals surface area contributed by atoms with E-state index >= 15 is 0 Å². The number of fused-ring (bicyclic) bond motifs is 1. The first-order valence-corrected chi connectivity index (χ1v) is 6.87. The molecule has 0 fully saturated rings. The number of hydrogen-bond donors (Lipinski definition) is 1. The number of aromatic nitrogens is 2. The summed E-state index contributed by atoms with van der Waals surface area (Å²) in [6.45, 7) is 0.502. The number of halogens is 1. The summed E-state index contributed by atoms with van der Waals surface area (Å²) >= 11 is 3.39. The Bertz CT molecular complexity index is 691. The maximum Gasteiger partial charge on any atom is 0.0969 e. The number of hydrogen-bond acceptors (Lipinski definition) is 2. The molecule has 0 saturated carbocycles. The van der Waals surface area contributed by atoms with Crippen LogP contribution in [0.15, 0.2) is 59.3 Å². The van der Waals surface area contributed by atoms with Crippen molar-refractivity contribution in [2.24, 2.45) is 0 Å². The van der Waals surface area contributed by atoms with Crippen molar-refractivity contribution in [3.8, 4) is 0 Å². The molecule has 1 unspecified atom stereocenters. The van der Waals surface area contributed by atoms with Gasteiger partial charge in [0.15, 0.2) is 0 Å². The molecule has 19 heavy (non-hydrogen) atoms. The summed E-state index contributed by atoms with van der Waals surface area (Å²) in [5.41, 5.74) is 2.89. The Morgan fingerprint density at radius 1 is 1.11 bits per heavy atom. The average molecular weight is 317 g/mol. The lowest BCUT2D eigenvalue weighted by molar-refractivity contribution is 0.158. The third kappa shape index (κ3) is 2.55. The van der Waals surface area contributed by atoms with Crippen LogP contribution in [0.4, 0.5) is 0 Å². The molecular formula is C15H13BrN2O. The van der Waals surface area contributed by atoms with E-state index in [4.69, 9.17) is 0 Å². The molecule has 0 aliphatic carbocycles. The quantitative estimate of drug-likeness (QED) is 0.802. The van der Waals surface area contributed by atoms with Gasteiger partial charge in [-0.25, -0.2) is 4.98 Å². The predicted octanol–water partition coefficient (Wildman–Crippen LogP) is 3.53. The lowest BCUT2D eigenvalue weighted by atomic mass is 10.1. The van der Waals surface area contributed by atoms with Gasteiger partial charge in [0.05, 0.1) is 30.0 Å². The zero-order valence-electron chi connectivity index (χ0n) is 10.2. The number of nitrogens with zero attached hydrogens (tertiary/aromatic N) is 2.